The second kappa shape index (κ2) is 7.15. The van der Waals surface area contributed by atoms with Gasteiger partial charge in [0.1, 0.15) is 0 Å². The van der Waals surface area contributed by atoms with Crippen LogP contribution in [0.15, 0.2) is 53.4 Å². The molecule has 0 aliphatic heterocycles. The molecular weight excluding hydrogens is 324 g/mol. The van der Waals surface area contributed by atoms with Gasteiger partial charge in [0.05, 0.1) is 4.90 Å². The van der Waals surface area contributed by atoms with Crippen LogP contribution in [0.4, 0.5) is 5.69 Å². The van der Waals surface area contributed by atoms with Gasteiger partial charge in [-0.2, -0.15) is 4.31 Å². The molecule has 2 aromatic rings. The molecule has 0 aliphatic carbocycles. The number of carbonyl (C=O) groups is 1. The average Bonchev–Trinajstić information content (AvgIpc) is 2.56. The zero-order chi connectivity index (χ0) is 17.9. The monoisotopic (exact) mass is 346 g/mol. The van der Waals surface area contributed by atoms with Crippen LogP contribution < -0.4 is 5.32 Å². The Labute approximate surface area is 143 Å². The molecule has 0 spiro atoms. The van der Waals surface area contributed by atoms with Gasteiger partial charge in [-0.3, -0.25) is 4.79 Å². The van der Waals surface area contributed by atoms with Crippen molar-refractivity contribution in [1.29, 1.82) is 0 Å². The zero-order valence-electron chi connectivity index (χ0n) is 14.3. The van der Waals surface area contributed by atoms with Gasteiger partial charge in [-0.1, -0.05) is 23.8 Å². The second-order valence-electron chi connectivity index (χ2n) is 5.96. The van der Waals surface area contributed by atoms with E-state index in [0.29, 0.717) is 11.3 Å². The first-order chi connectivity index (χ1) is 11.2. The van der Waals surface area contributed by atoms with Crippen LogP contribution >= 0.6 is 0 Å². The summed E-state index contributed by atoms with van der Waals surface area (Å²) in [5.74, 6) is -0.344. The molecule has 6 heteroatoms. The van der Waals surface area contributed by atoms with Crippen LogP contribution in [0.1, 0.15) is 29.8 Å². The van der Waals surface area contributed by atoms with Crippen molar-refractivity contribution in [3.8, 4) is 0 Å². The fourth-order valence-corrected chi connectivity index (χ4v) is 3.50. The number of amides is 1. The third-order valence-electron chi connectivity index (χ3n) is 3.81. The van der Waals surface area contributed by atoms with Crippen LogP contribution in [-0.2, 0) is 10.0 Å². The van der Waals surface area contributed by atoms with Gasteiger partial charge in [-0.25, -0.2) is 8.42 Å². The number of carbonyl (C=O) groups excluding carboxylic acids is 1. The average molecular weight is 346 g/mol. The number of benzene rings is 2. The minimum Gasteiger partial charge on any atom is -0.322 e. The molecule has 0 aliphatic rings. The van der Waals surface area contributed by atoms with Crippen molar-refractivity contribution in [2.24, 2.45) is 0 Å². The van der Waals surface area contributed by atoms with Crippen LogP contribution in [0.5, 0.6) is 0 Å². The minimum atomic E-state index is -3.62. The van der Waals surface area contributed by atoms with Gasteiger partial charge < -0.3 is 5.32 Å². The highest BCUT2D eigenvalue weighted by Crippen LogP contribution is 2.19. The molecule has 0 bridgehead atoms. The first-order valence-electron chi connectivity index (χ1n) is 7.68. The predicted molar refractivity (Wildman–Crippen MR) is 95.7 cm³/mol. The van der Waals surface area contributed by atoms with Crippen molar-refractivity contribution < 1.29 is 13.2 Å². The van der Waals surface area contributed by atoms with Crippen LogP contribution in [0, 0.1) is 6.92 Å². The summed E-state index contributed by atoms with van der Waals surface area (Å²) >= 11 is 0. The van der Waals surface area contributed by atoms with Crippen molar-refractivity contribution in [1.82, 2.24) is 4.31 Å². The molecule has 1 amide bonds. The Hall–Kier alpha value is -2.18. The number of nitrogens with one attached hydrogen (secondary N) is 1. The van der Waals surface area contributed by atoms with Crippen LogP contribution in [0.25, 0.3) is 0 Å². The second-order valence-corrected chi connectivity index (χ2v) is 7.96. The SMILES string of the molecule is Cc1ccc(NC(=O)c2cccc(S(=O)(=O)N(C)C(C)C)c2)cc1. The number of aryl methyl sites for hydroxylation is 1. The molecule has 0 fully saturated rings. The third-order valence-corrected chi connectivity index (χ3v) is 5.84. The number of hydrogen-bond acceptors (Lipinski definition) is 3. The Bertz CT molecular complexity index is 828. The first kappa shape index (κ1) is 18.2. The Morgan fingerprint density at radius 2 is 1.71 bits per heavy atom. The maximum Gasteiger partial charge on any atom is 0.255 e. The van der Waals surface area contributed by atoms with Crippen LogP contribution in [-0.4, -0.2) is 31.7 Å². The lowest BCUT2D eigenvalue weighted by Gasteiger charge is -2.21. The predicted octanol–water partition coefficient (Wildman–Crippen LogP) is 3.28. The highest BCUT2D eigenvalue weighted by Gasteiger charge is 2.23. The molecule has 2 aromatic carbocycles. The molecule has 0 saturated heterocycles. The van der Waals surface area contributed by atoms with Gasteiger partial charge in [-0.05, 0) is 51.1 Å². The third kappa shape index (κ3) is 4.01. The topological polar surface area (TPSA) is 66.5 Å². The van der Waals surface area contributed by atoms with E-state index in [1.165, 1.54) is 23.5 Å². The van der Waals surface area contributed by atoms with Gasteiger partial charge in [-0.15, -0.1) is 0 Å². The first-order valence-corrected chi connectivity index (χ1v) is 9.12. The summed E-state index contributed by atoms with van der Waals surface area (Å²) in [6, 6.07) is 13.3. The zero-order valence-corrected chi connectivity index (χ0v) is 15.1. The van der Waals surface area contributed by atoms with Gasteiger partial charge >= 0.3 is 0 Å². The number of rotatable bonds is 5. The summed E-state index contributed by atoms with van der Waals surface area (Å²) < 4.78 is 26.4. The standard InChI is InChI=1S/C18H22N2O3S/c1-13(2)20(4)24(22,23)17-7-5-6-15(12-17)18(21)19-16-10-8-14(3)9-11-16/h5-13H,1-4H3,(H,19,21). The van der Waals surface area contributed by atoms with E-state index in [0.717, 1.165) is 5.56 Å². The molecule has 128 valence electrons. The van der Waals surface area contributed by atoms with E-state index in [1.807, 2.05) is 19.1 Å². The maximum atomic E-state index is 12.5. The van der Waals surface area contributed by atoms with E-state index in [9.17, 15) is 13.2 Å². The smallest absolute Gasteiger partial charge is 0.255 e. The molecule has 2 rings (SSSR count). The molecular formula is C18H22N2O3S. The summed E-state index contributed by atoms with van der Waals surface area (Å²) in [5, 5.41) is 2.77. The molecule has 24 heavy (non-hydrogen) atoms. The summed E-state index contributed by atoms with van der Waals surface area (Å²) in [7, 11) is -2.09. The van der Waals surface area contributed by atoms with Gasteiger partial charge in [0.15, 0.2) is 0 Å². The van der Waals surface area contributed by atoms with Gasteiger partial charge in [0.25, 0.3) is 5.91 Å². The highest BCUT2D eigenvalue weighted by atomic mass is 32.2. The molecule has 0 radical (unpaired) electrons. The van der Waals surface area contributed by atoms with Crippen molar-refractivity contribution in [3.05, 3.63) is 59.7 Å². The Morgan fingerprint density at radius 3 is 2.29 bits per heavy atom. The number of nitrogens with zero attached hydrogens (tertiary/aromatic N) is 1. The Morgan fingerprint density at radius 1 is 1.08 bits per heavy atom. The molecule has 5 nitrogen and oxygen atoms in total. The lowest BCUT2D eigenvalue weighted by atomic mass is 10.2. The molecule has 0 heterocycles. The summed E-state index contributed by atoms with van der Waals surface area (Å²) in [5.41, 5.74) is 2.06. The van der Waals surface area contributed by atoms with Gasteiger partial charge in [0, 0.05) is 24.3 Å². The fraction of sp³-hybridized carbons (Fsp3) is 0.278. The van der Waals surface area contributed by atoms with Crippen LogP contribution in [0.3, 0.4) is 0 Å². The van der Waals surface area contributed by atoms with E-state index in [4.69, 9.17) is 0 Å². The molecule has 1 N–H and O–H groups in total. The molecule has 0 atom stereocenters. The Balaban J connectivity index is 2.27. The van der Waals surface area contributed by atoms with Gasteiger partial charge in [0.2, 0.25) is 10.0 Å². The Kier molecular flexibility index (Phi) is 5.41. The summed E-state index contributed by atoms with van der Waals surface area (Å²) in [6.45, 7) is 5.56. The van der Waals surface area contributed by atoms with Crippen molar-refractivity contribution in [2.75, 3.05) is 12.4 Å². The fourth-order valence-electron chi connectivity index (χ4n) is 2.08. The van der Waals surface area contributed by atoms with Crippen molar-refractivity contribution in [2.45, 2.75) is 31.7 Å². The van der Waals surface area contributed by atoms with E-state index in [1.54, 1.807) is 38.1 Å². The van der Waals surface area contributed by atoms with Crippen LogP contribution in [0.2, 0.25) is 0 Å². The number of hydrogen-bond donors (Lipinski definition) is 1. The minimum absolute atomic E-state index is 0.107. The molecule has 0 aromatic heterocycles. The lowest BCUT2D eigenvalue weighted by Crippen LogP contribution is -2.33. The normalized spacial score (nSPS) is 11.8. The maximum absolute atomic E-state index is 12.5. The lowest BCUT2D eigenvalue weighted by molar-refractivity contribution is 0.102. The summed E-state index contributed by atoms with van der Waals surface area (Å²) in [4.78, 5) is 12.5. The van der Waals surface area contributed by atoms with E-state index in [2.05, 4.69) is 5.32 Å². The molecule has 0 unspecified atom stereocenters. The van der Waals surface area contributed by atoms with Crippen molar-refractivity contribution >= 4 is 21.6 Å². The molecule has 0 saturated carbocycles. The van der Waals surface area contributed by atoms with E-state index < -0.39 is 10.0 Å². The number of anilines is 1. The summed E-state index contributed by atoms with van der Waals surface area (Å²) in [6.07, 6.45) is 0. The van der Waals surface area contributed by atoms with Crippen molar-refractivity contribution in [3.63, 3.8) is 0 Å². The number of sulfonamides is 1. The quantitative estimate of drug-likeness (QED) is 0.903. The van der Waals surface area contributed by atoms with E-state index in [-0.39, 0.29) is 16.8 Å². The largest absolute Gasteiger partial charge is 0.322 e. The van der Waals surface area contributed by atoms with E-state index >= 15 is 0 Å². The highest BCUT2D eigenvalue weighted by molar-refractivity contribution is 7.89.